The lowest BCUT2D eigenvalue weighted by Crippen LogP contribution is -2.48. The number of likely N-dealkylation sites (tertiary alicyclic amines) is 1. The van der Waals surface area contributed by atoms with E-state index in [1.165, 1.54) is 11.3 Å². The monoisotopic (exact) mass is 279 g/mol. The molecule has 2 aliphatic rings. The van der Waals surface area contributed by atoms with Gasteiger partial charge in [0, 0.05) is 19.4 Å². The molecule has 1 heterocycles. The fourth-order valence-electron chi connectivity index (χ4n) is 3.01. The molecule has 1 N–H and O–H groups in total. The van der Waals surface area contributed by atoms with Crippen LogP contribution >= 0.6 is 0 Å². The van der Waals surface area contributed by atoms with Crippen molar-refractivity contribution in [3.63, 3.8) is 0 Å². The number of rotatable bonds is 2. The zero-order valence-electron chi connectivity index (χ0n) is 10.9. The molecule has 0 bridgehead atoms. The first-order valence-electron chi connectivity index (χ1n) is 6.89. The number of halogens is 3. The maximum absolute atomic E-state index is 12.7. The molecule has 1 amide bonds. The first-order valence-corrected chi connectivity index (χ1v) is 6.89. The number of hydrogen-bond acceptors (Lipinski definition) is 2. The van der Waals surface area contributed by atoms with Gasteiger partial charge >= 0.3 is 6.18 Å². The Bertz CT molecular complexity index is 339. The van der Waals surface area contributed by atoms with E-state index in [1.807, 2.05) is 0 Å². The van der Waals surface area contributed by atoms with Crippen LogP contribution in [-0.4, -0.2) is 40.8 Å². The van der Waals surface area contributed by atoms with Gasteiger partial charge in [-0.05, 0) is 18.8 Å². The van der Waals surface area contributed by atoms with E-state index in [0.29, 0.717) is 12.3 Å². The molecular formula is C13H20F3NO2. The standard InChI is InChI=1S/C13H20F3NO2/c14-13(15,16)12(19)6-7-17(9-12)11(18)8-10-4-2-1-3-5-10/h10,19H,1-9H2/t12-/m0/s1. The average molecular weight is 279 g/mol. The van der Waals surface area contributed by atoms with E-state index in [-0.39, 0.29) is 12.5 Å². The van der Waals surface area contributed by atoms with E-state index in [2.05, 4.69) is 0 Å². The van der Waals surface area contributed by atoms with Crippen molar-refractivity contribution in [1.29, 1.82) is 0 Å². The van der Waals surface area contributed by atoms with Gasteiger partial charge in [0.05, 0.1) is 6.54 Å². The third-order valence-electron chi connectivity index (χ3n) is 4.32. The largest absolute Gasteiger partial charge is 0.419 e. The number of carbonyl (C=O) groups excluding carboxylic acids is 1. The van der Waals surface area contributed by atoms with Crippen molar-refractivity contribution in [3.8, 4) is 0 Å². The summed E-state index contributed by atoms with van der Waals surface area (Å²) in [5.41, 5.74) is -2.71. The maximum atomic E-state index is 12.7. The number of alkyl halides is 3. The Morgan fingerprint density at radius 3 is 2.42 bits per heavy atom. The number of amides is 1. The molecule has 0 aromatic carbocycles. The number of nitrogens with zero attached hydrogens (tertiary/aromatic N) is 1. The Balaban J connectivity index is 1.88. The van der Waals surface area contributed by atoms with Gasteiger partial charge in [0.15, 0.2) is 5.60 Å². The number of β-amino-alcohol motifs (C(OH)–C–C–N with tert-alkyl or cyclic N) is 1. The molecule has 0 radical (unpaired) electrons. The molecule has 2 fully saturated rings. The summed E-state index contributed by atoms with van der Waals surface area (Å²) >= 11 is 0. The van der Waals surface area contributed by atoms with Crippen molar-refractivity contribution >= 4 is 5.91 Å². The van der Waals surface area contributed by atoms with Crippen LogP contribution in [0.4, 0.5) is 13.2 Å². The highest BCUT2D eigenvalue weighted by molar-refractivity contribution is 5.77. The van der Waals surface area contributed by atoms with Crippen molar-refractivity contribution in [2.24, 2.45) is 5.92 Å². The molecule has 0 aromatic heterocycles. The van der Waals surface area contributed by atoms with Crippen LogP contribution in [0.2, 0.25) is 0 Å². The van der Waals surface area contributed by atoms with Crippen LogP contribution in [0, 0.1) is 5.92 Å². The summed E-state index contributed by atoms with van der Waals surface area (Å²) in [7, 11) is 0. The zero-order chi connectivity index (χ0) is 14.1. The third kappa shape index (κ3) is 3.22. The number of aliphatic hydroxyl groups is 1. The van der Waals surface area contributed by atoms with E-state index < -0.39 is 24.7 Å². The van der Waals surface area contributed by atoms with E-state index in [9.17, 15) is 23.1 Å². The lowest BCUT2D eigenvalue weighted by Gasteiger charge is -2.27. The van der Waals surface area contributed by atoms with Crippen LogP contribution < -0.4 is 0 Å². The number of hydrogen-bond donors (Lipinski definition) is 1. The van der Waals surface area contributed by atoms with E-state index >= 15 is 0 Å². The van der Waals surface area contributed by atoms with Gasteiger partial charge in [0.1, 0.15) is 0 Å². The molecule has 0 unspecified atom stereocenters. The Kier molecular flexibility index (Phi) is 4.08. The fourth-order valence-corrected chi connectivity index (χ4v) is 3.01. The molecule has 110 valence electrons. The first-order chi connectivity index (χ1) is 8.82. The van der Waals surface area contributed by atoms with Gasteiger partial charge < -0.3 is 10.0 Å². The van der Waals surface area contributed by atoms with Gasteiger partial charge in [0.2, 0.25) is 5.91 Å². The summed E-state index contributed by atoms with van der Waals surface area (Å²) in [6, 6.07) is 0. The molecule has 3 nitrogen and oxygen atoms in total. The summed E-state index contributed by atoms with van der Waals surface area (Å²) < 4.78 is 38.0. The Hall–Kier alpha value is -0.780. The summed E-state index contributed by atoms with van der Waals surface area (Å²) in [6.07, 6.45) is 0.622. The predicted octanol–water partition coefficient (Wildman–Crippen LogP) is 2.48. The van der Waals surface area contributed by atoms with Crippen molar-refractivity contribution in [2.75, 3.05) is 13.1 Å². The molecular weight excluding hydrogens is 259 g/mol. The van der Waals surface area contributed by atoms with E-state index in [0.717, 1.165) is 25.7 Å². The van der Waals surface area contributed by atoms with Crippen LogP contribution in [0.1, 0.15) is 44.9 Å². The van der Waals surface area contributed by atoms with E-state index in [1.54, 1.807) is 0 Å². The lowest BCUT2D eigenvalue weighted by molar-refractivity contribution is -0.253. The third-order valence-corrected chi connectivity index (χ3v) is 4.32. The highest BCUT2D eigenvalue weighted by atomic mass is 19.4. The van der Waals surface area contributed by atoms with Gasteiger partial charge in [-0.3, -0.25) is 4.79 Å². The summed E-state index contributed by atoms with van der Waals surface area (Å²) in [6.45, 7) is -0.608. The van der Waals surface area contributed by atoms with Gasteiger partial charge in [-0.1, -0.05) is 19.3 Å². The summed E-state index contributed by atoms with van der Waals surface area (Å²) in [5, 5.41) is 9.53. The van der Waals surface area contributed by atoms with Crippen LogP contribution in [0.3, 0.4) is 0 Å². The highest BCUT2D eigenvalue weighted by Crippen LogP contribution is 2.38. The van der Waals surface area contributed by atoms with Crippen LogP contribution in [-0.2, 0) is 4.79 Å². The smallest absolute Gasteiger partial charge is 0.379 e. The van der Waals surface area contributed by atoms with Crippen molar-refractivity contribution in [1.82, 2.24) is 4.90 Å². The minimum absolute atomic E-state index is 0.00155. The second kappa shape index (κ2) is 5.31. The first kappa shape index (κ1) is 14.6. The molecule has 1 aliphatic heterocycles. The maximum Gasteiger partial charge on any atom is 0.419 e. The molecule has 6 heteroatoms. The van der Waals surface area contributed by atoms with Gasteiger partial charge in [-0.2, -0.15) is 13.2 Å². The van der Waals surface area contributed by atoms with Gasteiger partial charge in [0.25, 0.3) is 0 Å². The molecule has 1 saturated heterocycles. The molecule has 0 spiro atoms. The number of carbonyl (C=O) groups is 1. The molecule has 1 aliphatic carbocycles. The molecule has 0 aromatic rings. The summed E-state index contributed by atoms with van der Waals surface area (Å²) in [5.74, 6) is 0.0629. The van der Waals surface area contributed by atoms with Crippen molar-refractivity contribution in [2.45, 2.75) is 56.7 Å². The molecule has 1 saturated carbocycles. The Morgan fingerprint density at radius 1 is 1.26 bits per heavy atom. The van der Waals surface area contributed by atoms with E-state index in [4.69, 9.17) is 0 Å². The molecule has 19 heavy (non-hydrogen) atoms. The lowest BCUT2D eigenvalue weighted by atomic mass is 9.87. The topological polar surface area (TPSA) is 40.5 Å². The Morgan fingerprint density at radius 2 is 1.89 bits per heavy atom. The van der Waals surface area contributed by atoms with Crippen LogP contribution in [0.5, 0.6) is 0 Å². The Labute approximate surface area is 110 Å². The SMILES string of the molecule is O=C(CC1CCCCC1)N1CC[C@@](O)(C(F)(F)F)C1. The minimum Gasteiger partial charge on any atom is -0.379 e. The zero-order valence-corrected chi connectivity index (χ0v) is 10.9. The predicted molar refractivity (Wildman–Crippen MR) is 63.4 cm³/mol. The molecule has 2 rings (SSSR count). The van der Waals surface area contributed by atoms with Gasteiger partial charge in [-0.15, -0.1) is 0 Å². The summed E-state index contributed by atoms with van der Waals surface area (Å²) in [4.78, 5) is 13.1. The van der Waals surface area contributed by atoms with Crippen molar-refractivity contribution in [3.05, 3.63) is 0 Å². The fraction of sp³-hybridized carbons (Fsp3) is 0.923. The minimum atomic E-state index is -4.66. The normalized spacial score (nSPS) is 29.8. The van der Waals surface area contributed by atoms with Crippen LogP contribution in [0.25, 0.3) is 0 Å². The van der Waals surface area contributed by atoms with Crippen molar-refractivity contribution < 1.29 is 23.1 Å². The average Bonchev–Trinajstić information content (AvgIpc) is 2.74. The van der Waals surface area contributed by atoms with Crippen LogP contribution in [0.15, 0.2) is 0 Å². The van der Waals surface area contributed by atoms with Gasteiger partial charge in [-0.25, -0.2) is 0 Å². The highest BCUT2D eigenvalue weighted by Gasteiger charge is 2.57. The second-order valence-electron chi connectivity index (χ2n) is 5.80. The second-order valence-corrected chi connectivity index (χ2v) is 5.80. The quantitative estimate of drug-likeness (QED) is 0.843. The molecule has 1 atom stereocenters.